The number of aromatic nitrogens is 1. The standard InChI is InChI=1S/C14H14N2O2S/c1-3-4-5-6-13(17)16-14-15-11-9-10(18-2)7-8-12(11)19-14/h3-9H,1-2H3,(H,15,16,17)/b4-3+,6-5+. The van der Waals surface area contributed by atoms with Gasteiger partial charge < -0.3 is 4.74 Å². The average Bonchev–Trinajstić information content (AvgIpc) is 2.79. The van der Waals surface area contributed by atoms with Crippen molar-refractivity contribution in [2.75, 3.05) is 12.4 Å². The van der Waals surface area contributed by atoms with E-state index in [1.54, 1.807) is 19.3 Å². The number of amides is 1. The first-order valence-corrected chi connectivity index (χ1v) is 6.59. The van der Waals surface area contributed by atoms with Crippen LogP contribution in [0.4, 0.5) is 5.13 Å². The molecule has 1 aromatic carbocycles. The van der Waals surface area contributed by atoms with Gasteiger partial charge in [0.05, 0.1) is 17.3 Å². The molecule has 1 amide bonds. The van der Waals surface area contributed by atoms with E-state index in [0.717, 1.165) is 16.0 Å². The lowest BCUT2D eigenvalue weighted by Crippen LogP contribution is -2.06. The second-order valence-corrected chi connectivity index (χ2v) is 4.76. The first-order valence-electron chi connectivity index (χ1n) is 5.78. The Morgan fingerprint density at radius 2 is 2.26 bits per heavy atom. The molecule has 1 aromatic heterocycles. The van der Waals surface area contributed by atoms with E-state index in [9.17, 15) is 4.79 Å². The molecule has 0 radical (unpaired) electrons. The molecule has 0 saturated carbocycles. The molecular formula is C14H14N2O2S. The topological polar surface area (TPSA) is 51.2 Å². The minimum atomic E-state index is -0.191. The number of nitrogens with zero attached hydrogens (tertiary/aromatic N) is 1. The van der Waals surface area contributed by atoms with Crippen molar-refractivity contribution in [1.29, 1.82) is 0 Å². The van der Waals surface area contributed by atoms with Crippen molar-refractivity contribution in [1.82, 2.24) is 4.98 Å². The summed E-state index contributed by atoms with van der Waals surface area (Å²) in [7, 11) is 1.61. The van der Waals surface area contributed by atoms with E-state index in [4.69, 9.17) is 4.74 Å². The number of ether oxygens (including phenoxy) is 1. The van der Waals surface area contributed by atoms with E-state index in [-0.39, 0.29) is 5.91 Å². The number of anilines is 1. The fourth-order valence-electron chi connectivity index (χ4n) is 1.49. The summed E-state index contributed by atoms with van der Waals surface area (Å²) < 4.78 is 6.14. The van der Waals surface area contributed by atoms with Crippen LogP contribution in [0.5, 0.6) is 5.75 Å². The number of benzene rings is 1. The number of rotatable bonds is 4. The Kier molecular flexibility index (Phi) is 4.30. The predicted molar refractivity (Wildman–Crippen MR) is 78.8 cm³/mol. The molecule has 0 aliphatic rings. The van der Waals surface area contributed by atoms with Crippen molar-refractivity contribution in [2.24, 2.45) is 0 Å². The normalized spacial score (nSPS) is 11.5. The number of methoxy groups -OCH3 is 1. The lowest BCUT2D eigenvalue weighted by atomic mass is 10.3. The minimum Gasteiger partial charge on any atom is -0.497 e. The zero-order valence-corrected chi connectivity index (χ0v) is 11.5. The van der Waals surface area contributed by atoms with Gasteiger partial charge in [-0.2, -0.15) is 0 Å². The van der Waals surface area contributed by atoms with Crippen LogP contribution in [0, 0.1) is 0 Å². The number of hydrogen-bond acceptors (Lipinski definition) is 4. The summed E-state index contributed by atoms with van der Waals surface area (Å²) in [5.41, 5.74) is 0.817. The van der Waals surface area contributed by atoms with Gasteiger partial charge in [0.25, 0.3) is 0 Å². The van der Waals surface area contributed by atoms with Crippen LogP contribution < -0.4 is 10.1 Å². The fourth-order valence-corrected chi connectivity index (χ4v) is 2.34. The highest BCUT2D eigenvalue weighted by Crippen LogP contribution is 2.28. The van der Waals surface area contributed by atoms with Gasteiger partial charge in [-0.15, -0.1) is 0 Å². The fraction of sp³-hybridized carbons (Fsp3) is 0.143. The maximum absolute atomic E-state index is 11.6. The molecule has 0 saturated heterocycles. The Balaban J connectivity index is 2.15. The summed E-state index contributed by atoms with van der Waals surface area (Å²) in [4.78, 5) is 15.9. The Morgan fingerprint density at radius 3 is 3.00 bits per heavy atom. The zero-order valence-electron chi connectivity index (χ0n) is 10.7. The van der Waals surface area contributed by atoms with Gasteiger partial charge in [0.1, 0.15) is 5.75 Å². The van der Waals surface area contributed by atoms with Gasteiger partial charge in [0.2, 0.25) is 5.91 Å². The Morgan fingerprint density at radius 1 is 1.42 bits per heavy atom. The van der Waals surface area contributed by atoms with Crippen molar-refractivity contribution < 1.29 is 9.53 Å². The molecule has 1 heterocycles. The van der Waals surface area contributed by atoms with Gasteiger partial charge in [-0.3, -0.25) is 10.1 Å². The van der Waals surface area contributed by atoms with Crippen LogP contribution in [0.2, 0.25) is 0 Å². The number of thiazole rings is 1. The molecule has 0 aliphatic carbocycles. The molecule has 0 bridgehead atoms. The highest BCUT2D eigenvalue weighted by atomic mass is 32.1. The van der Waals surface area contributed by atoms with Gasteiger partial charge in [-0.05, 0) is 19.1 Å². The second-order valence-electron chi connectivity index (χ2n) is 3.73. The van der Waals surface area contributed by atoms with Gasteiger partial charge >= 0.3 is 0 Å². The second kappa shape index (κ2) is 6.15. The van der Waals surface area contributed by atoms with Gasteiger partial charge in [0, 0.05) is 12.1 Å². The lowest BCUT2D eigenvalue weighted by Gasteiger charge is -1.96. The van der Waals surface area contributed by atoms with Crippen LogP contribution in [0.3, 0.4) is 0 Å². The third-order valence-corrected chi connectivity index (χ3v) is 3.33. The third-order valence-electron chi connectivity index (χ3n) is 2.38. The lowest BCUT2D eigenvalue weighted by molar-refractivity contribution is -0.111. The number of fused-ring (bicyclic) bond motifs is 1. The van der Waals surface area contributed by atoms with Crippen molar-refractivity contribution in [3.8, 4) is 5.75 Å². The summed E-state index contributed by atoms with van der Waals surface area (Å²) in [6.45, 7) is 1.89. The van der Waals surface area contributed by atoms with Gasteiger partial charge in [-0.25, -0.2) is 4.98 Å². The molecule has 0 spiro atoms. The molecule has 98 valence electrons. The molecule has 0 atom stereocenters. The van der Waals surface area contributed by atoms with Crippen LogP contribution in [-0.4, -0.2) is 18.0 Å². The zero-order chi connectivity index (χ0) is 13.7. The van der Waals surface area contributed by atoms with Crippen molar-refractivity contribution in [3.63, 3.8) is 0 Å². The van der Waals surface area contributed by atoms with Crippen LogP contribution >= 0.6 is 11.3 Å². The molecule has 5 heteroatoms. The largest absolute Gasteiger partial charge is 0.497 e. The average molecular weight is 274 g/mol. The summed E-state index contributed by atoms with van der Waals surface area (Å²) >= 11 is 1.43. The Labute approximate surface area is 115 Å². The van der Waals surface area contributed by atoms with E-state index in [1.165, 1.54) is 17.4 Å². The number of hydrogen-bond donors (Lipinski definition) is 1. The number of carbonyl (C=O) groups excluding carboxylic acids is 1. The number of carbonyl (C=O) groups is 1. The van der Waals surface area contributed by atoms with E-state index in [2.05, 4.69) is 10.3 Å². The smallest absolute Gasteiger partial charge is 0.250 e. The SMILES string of the molecule is C/C=C/C=C/C(=O)Nc1nc2cc(OC)ccc2s1. The number of nitrogens with one attached hydrogen (secondary N) is 1. The van der Waals surface area contributed by atoms with E-state index in [1.807, 2.05) is 31.2 Å². The molecular weight excluding hydrogens is 260 g/mol. The summed E-state index contributed by atoms with van der Waals surface area (Å²) in [5, 5.41) is 3.32. The van der Waals surface area contributed by atoms with Crippen molar-refractivity contribution in [3.05, 3.63) is 42.5 Å². The van der Waals surface area contributed by atoms with Crippen LogP contribution in [-0.2, 0) is 4.79 Å². The molecule has 2 aromatic rings. The molecule has 0 fully saturated rings. The quantitative estimate of drug-likeness (QED) is 0.687. The summed E-state index contributed by atoms with van der Waals surface area (Å²) in [5.74, 6) is 0.563. The molecule has 0 unspecified atom stereocenters. The predicted octanol–water partition coefficient (Wildman–Crippen LogP) is 3.38. The monoisotopic (exact) mass is 274 g/mol. The van der Waals surface area contributed by atoms with Crippen molar-refractivity contribution in [2.45, 2.75) is 6.92 Å². The maximum atomic E-state index is 11.6. The summed E-state index contributed by atoms with van der Waals surface area (Å²) in [6, 6.07) is 5.65. The molecule has 4 nitrogen and oxygen atoms in total. The highest BCUT2D eigenvalue weighted by molar-refractivity contribution is 7.22. The molecule has 19 heavy (non-hydrogen) atoms. The Hall–Kier alpha value is -2.14. The van der Waals surface area contributed by atoms with Crippen LogP contribution in [0.25, 0.3) is 10.2 Å². The molecule has 0 aliphatic heterocycles. The maximum Gasteiger partial charge on any atom is 0.250 e. The van der Waals surface area contributed by atoms with Crippen molar-refractivity contribution >= 4 is 32.6 Å². The third kappa shape index (κ3) is 3.42. The van der Waals surface area contributed by atoms with Crippen LogP contribution in [0.1, 0.15) is 6.92 Å². The van der Waals surface area contributed by atoms with Crippen LogP contribution in [0.15, 0.2) is 42.5 Å². The molecule has 2 rings (SSSR count). The number of allylic oxidation sites excluding steroid dienone is 3. The van der Waals surface area contributed by atoms with Gasteiger partial charge in [0.15, 0.2) is 5.13 Å². The Bertz CT molecular complexity index is 644. The van der Waals surface area contributed by atoms with Gasteiger partial charge in [-0.1, -0.05) is 29.6 Å². The summed E-state index contributed by atoms with van der Waals surface area (Å²) in [6.07, 6.45) is 6.80. The highest BCUT2D eigenvalue weighted by Gasteiger charge is 2.06. The first-order chi connectivity index (χ1) is 9.22. The van der Waals surface area contributed by atoms with E-state index >= 15 is 0 Å². The van der Waals surface area contributed by atoms with E-state index < -0.39 is 0 Å². The minimum absolute atomic E-state index is 0.191. The van der Waals surface area contributed by atoms with E-state index in [0.29, 0.717) is 5.13 Å². The first kappa shape index (κ1) is 13.3. The molecule has 1 N–H and O–H groups in total.